The van der Waals surface area contributed by atoms with Crippen molar-refractivity contribution in [3.63, 3.8) is 0 Å². The molecule has 4 rings (SSSR count). The Hall–Kier alpha value is -2.45. The normalized spacial score (nSPS) is 13.8. The van der Waals surface area contributed by atoms with E-state index < -0.39 is 0 Å². The summed E-state index contributed by atoms with van der Waals surface area (Å²) in [7, 11) is 0. The Morgan fingerprint density at radius 2 is 2.07 bits per heavy atom. The van der Waals surface area contributed by atoms with E-state index in [1.165, 1.54) is 11.8 Å². The maximum atomic E-state index is 12.3. The summed E-state index contributed by atoms with van der Waals surface area (Å²) in [5.41, 5.74) is 0.674. The van der Waals surface area contributed by atoms with Gasteiger partial charge in [-0.05, 0) is 43.2 Å². The fourth-order valence-electron chi connectivity index (χ4n) is 3.13. The first-order valence-electron chi connectivity index (χ1n) is 9.08. The lowest BCUT2D eigenvalue weighted by atomic mass is 10.3. The lowest BCUT2D eigenvalue weighted by Gasteiger charge is -2.17. The molecule has 0 bridgehead atoms. The molecule has 7 nitrogen and oxygen atoms in total. The van der Waals surface area contributed by atoms with Gasteiger partial charge in [-0.2, -0.15) is 0 Å². The van der Waals surface area contributed by atoms with Crippen LogP contribution in [0.5, 0.6) is 0 Å². The molecule has 1 saturated heterocycles. The van der Waals surface area contributed by atoms with Crippen LogP contribution in [0.2, 0.25) is 5.02 Å². The SMILES string of the molecule is O=C(CSc1nnc(N2CCCC2)n1Cc1ccco1)Nc1cccc(Cl)c1. The minimum Gasteiger partial charge on any atom is -0.467 e. The van der Waals surface area contributed by atoms with Gasteiger partial charge in [0, 0.05) is 23.8 Å². The van der Waals surface area contributed by atoms with Crippen molar-refractivity contribution in [3.8, 4) is 0 Å². The van der Waals surface area contributed by atoms with Crippen LogP contribution in [0.1, 0.15) is 18.6 Å². The fraction of sp³-hybridized carbons (Fsp3) is 0.316. The first-order valence-corrected chi connectivity index (χ1v) is 10.4. The van der Waals surface area contributed by atoms with Crippen molar-refractivity contribution in [1.82, 2.24) is 14.8 Å². The van der Waals surface area contributed by atoms with Crippen molar-refractivity contribution in [2.45, 2.75) is 24.5 Å². The van der Waals surface area contributed by atoms with Crippen LogP contribution in [0.4, 0.5) is 11.6 Å². The van der Waals surface area contributed by atoms with Gasteiger partial charge in [0.15, 0.2) is 5.16 Å². The highest BCUT2D eigenvalue weighted by Crippen LogP contribution is 2.26. The Labute approximate surface area is 172 Å². The molecule has 1 N–H and O–H groups in total. The first kappa shape index (κ1) is 18.9. The van der Waals surface area contributed by atoms with E-state index in [-0.39, 0.29) is 11.7 Å². The molecule has 0 aliphatic carbocycles. The van der Waals surface area contributed by atoms with E-state index in [1.54, 1.807) is 30.5 Å². The molecule has 1 aromatic carbocycles. The van der Waals surface area contributed by atoms with Gasteiger partial charge >= 0.3 is 0 Å². The highest BCUT2D eigenvalue weighted by molar-refractivity contribution is 7.99. The predicted octanol–water partition coefficient (Wildman–Crippen LogP) is 3.90. The van der Waals surface area contributed by atoms with Crippen molar-refractivity contribution in [3.05, 3.63) is 53.4 Å². The second-order valence-electron chi connectivity index (χ2n) is 6.49. The summed E-state index contributed by atoms with van der Waals surface area (Å²) in [6.07, 6.45) is 3.96. The molecule has 0 unspecified atom stereocenters. The summed E-state index contributed by atoms with van der Waals surface area (Å²) in [4.78, 5) is 14.6. The molecule has 3 aromatic rings. The Morgan fingerprint density at radius 1 is 1.21 bits per heavy atom. The highest BCUT2D eigenvalue weighted by Gasteiger charge is 2.22. The maximum absolute atomic E-state index is 12.3. The molecule has 1 amide bonds. The zero-order chi connectivity index (χ0) is 19.3. The van der Waals surface area contributed by atoms with E-state index in [4.69, 9.17) is 16.0 Å². The van der Waals surface area contributed by atoms with Gasteiger partial charge in [0.25, 0.3) is 0 Å². The van der Waals surface area contributed by atoms with E-state index in [9.17, 15) is 4.79 Å². The molecule has 3 heterocycles. The molecule has 0 saturated carbocycles. The van der Waals surface area contributed by atoms with Crippen molar-refractivity contribution < 1.29 is 9.21 Å². The van der Waals surface area contributed by atoms with Crippen LogP contribution in [-0.2, 0) is 11.3 Å². The van der Waals surface area contributed by atoms with Crippen LogP contribution >= 0.6 is 23.4 Å². The fourth-order valence-corrected chi connectivity index (χ4v) is 4.05. The van der Waals surface area contributed by atoms with Gasteiger partial charge in [0.05, 0.1) is 18.6 Å². The van der Waals surface area contributed by atoms with Gasteiger partial charge < -0.3 is 14.6 Å². The van der Waals surface area contributed by atoms with Crippen LogP contribution in [0.3, 0.4) is 0 Å². The quantitative estimate of drug-likeness (QED) is 0.587. The van der Waals surface area contributed by atoms with Crippen molar-refractivity contribution >= 4 is 40.9 Å². The first-order chi connectivity index (χ1) is 13.7. The minimum atomic E-state index is -0.123. The van der Waals surface area contributed by atoms with Crippen LogP contribution in [0, 0.1) is 0 Å². The standard InChI is InChI=1S/C19H20ClN5O2S/c20-14-5-3-6-15(11-14)21-17(26)13-28-19-23-22-18(24-8-1-2-9-24)25(19)12-16-7-4-10-27-16/h3-7,10-11H,1-2,8-9,12-13H2,(H,21,26). The second-order valence-corrected chi connectivity index (χ2v) is 7.87. The molecule has 2 aromatic heterocycles. The number of benzene rings is 1. The number of furan rings is 1. The third-order valence-corrected chi connectivity index (χ3v) is 5.62. The van der Waals surface area contributed by atoms with E-state index in [0.717, 1.165) is 37.6 Å². The van der Waals surface area contributed by atoms with Gasteiger partial charge in [-0.25, -0.2) is 0 Å². The van der Waals surface area contributed by atoms with Crippen molar-refractivity contribution in [1.29, 1.82) is 0 Å². The molecule has 28 heavy (non-hydrogen) atoms. The summed E-state index contributed by atoms with van der Waals surface area (Å²) in [5.74, 6) is 1.75. The number of nitrogens with zero attached hydrogens (tertiary/aromatic N) is 4. The average Bonchev–Trinajstić information content (AvgIpc) is 3.43. The summed E-state index contributed by atoms with van der Waals surface area (Å²) >= 11 is 7.32. The molecule has 0 radical (unpaired) electrons. The van der Waals surface area contributed by atoms with E-state index >= 15 is 0 Å². The molecule has 0 spiro atoms. The number of carbonyl (C=O) groups is 1. The molecule has 1 aliphatic heterocycles. The van der Waals surface area contributed by atoms with E-state index in [0.29, 0.717) is 22.4 Å². The van der Waals surface area contributed by atoms with Crippen LogP contribution in [0.15, 0.2) is 52.2 Å². The van der Waals surface area contributed by atoms with Crippen molar-refractivity contribution in [2.75, 3.05) is 29.1 Å². The number of aromatic nitrogens is 3. The molecule has 9 heteroatoms. The number of nitrogens with one attached hydrogen (secondary N) is 1. The third-order valence-electron chi connectivity index (χ3n) is 4.42. The number of amides is 1. The topological polar surface area (TPSA) is 76.2 Å². The molecule has 0 atom stereocenters. The predicted molar refractivity (Wildman–Crippen MR) is 110 cm³/mol. The van der Waals surface area contributed by atoms with E-state index in [2.05, 4.69) is 20.4 Å². The maximum Gasteiger partial charge on any atom is 0.234 e. The summed E-state index contributed by atoms with van der Waals surface area (Å²) < 4.78 is 7.51. The van der Waals surface area contributed by atoms with Gasteiger partial charge in [-0.1, -0.05) is 29.4 Å². The molecule has 146 valence electrons. The zero-order valence-corrected chi connectivity index (χ0v) is 16.7. The number of thioether (sulfide) groups is 1. The average molecular weight is 418 g/mol. The van der Waals surface area contributed by atoms with Gasteiger partial charge in [-0.15, -0.1) is 10.2 Å². The molecular formula is C19H20ClN5O2S. The van der Waals surface area contributed by atoms with E-state index in [1.807, 2.05) is 16.7 Å². The van der Waals surface area contributed by atoms with Gasteiger partial charge in [0.1, 0.15) is 5.76 Å². The van der Waals surface area contributed by atoms with Gasteiger partial charge in [-0.3, -0.25) is 9.36 Å². The van der Waals surface area contributed by atoms with Crippen LogP contribution in [-0.4, -0.2) is 39.5 Å². The Balaban J connectivity index is 1.46. The molecule has 1 fully saturated rings. The van der Waals surface area contributed by atoms with Crippen molar-refractivity contribution in [2.24, 2.45) is 0 Å². The number of hydrogen-bond acceptors (Lipinski definition) is 6. The summed E-state index contributed by atoms with van der Waals surface area (Å²) in [6, 6.07) is 10.9. The molecular weight excluding hydrogens is 398 g/mol. The highest BCUT2D eigenvalue weighted by atomic mass is 35.5. The lowest BCUT2D eigenvalue weighted by molar-refractivity contribution is -0.113. The van der Waals surface area contributed by atoms with Crippen LogP contribution < -0.4 is 10.2 Å². The largest absolute Gasteiger partial charge is 0.467 e. The number of halogens is 1. The minimum absolute atomic E-state index is 0.123. The zero-order valence-electron chi connectivity index (χ0n) is 15.2. The third kappa shape index (κ3) is 4.51. The number of anilines is 2. The molecule has 1 aliphatic rings. The Morgan fingerprint density at radius 3 is 2.82 bits per heavy atom. The van der Waals surface area contributed by atoms with Gasteiger partial charge in [0.2, 0.25) is 11.9 Å². The Bertz CT molecular complexity index is 938. The smallest absolute Gasteiger partial charge is 0.234 e. The lowest BCUT2D eigenvalue weighted by Crippen LogP contribution is -2.22. The summed E-state index contributed by atoms with van der Waals surface area (Å²) in [6.45, 7) is 2.47. The summed E-state index contributed by atoms with van der Waals surface area (Å²) in [5, 5.41) is 12.8. The van der Waals surface area contributed by atoms with Crippen LogP contribution in [0.25, 0.3) is 0 Å². The number of hydrogen-bond donors (Lipinski definition) is 1. The number of rotatable bonds is 7. The monoisotopic (exact) mass is 417 g/mol. The number of carbonyl (C=O) groups excluding carboxylic acids is 1. The second kappa shape index (κ2) is 8.70. The Kier molecular flexibility index (Phi) is 5.87.